The van der Waals surface area contributed by atoms with Crippen LogP contribution in [0.25, 0.3) is 17.0 Å². The van der Waals surface area contributed by atoms with Crippen molar-refractivity contribution in [3.63, 3.8) is 0 Å². The summed E-state index contributed by atoms with van der Waals surface area (Å²) in [5.41, 5.74) is 2.96. The number of ketones is 1. The zero-order valence-corrected chi connectivity index (χ0v) is 17.3. The molecule has 1 aliphatic rings. The van der Waals surface area contributed by atoms with Gasteiger partial charge < -0.3 is 4.57 Å². The Hall–Kier alpha value is -3.03. The molecule has 0 radical (unpaired) electrons. The van der Waals surface area contributed by atoms with Crippen molar-refractivity contribution in [2.45, 2.75) is 12.5 Å². The first-order valence-corrected chi connectivity index (χ1v) is 11.0. The molecule has 0 spiro atoms. The number of halogens is 1. The number of hydrogen-bond acceptors (Lipinski definition) is 5. The summed E-state index contributed by atoms with van der Waals surface area (Å²) in [7, 11) is 0. The Morgan fingerprint density at radius 1 is 1.17 bits per heavy atom. The van der Waals surface area contributed by atoms with Crippen molar-refractivity contribution in [2.75, 3.05) is 0 Å². The van der Waals surface area contributed by atoms with E-state index < -0.39 is 5.92 Å². The van der Waals surface area contributed by atoms with Crippen molar-refractivity contribution >= 4 is 50.9 Å². The highest BCUT2D eigenvalue weighted by Crippen LogP contribution is 2.41. The highest BCUT2D eigenvalue weighted by atomic mass is 32.2. The number of nitrogens with zero attached hydrogens (tertiary/aromatic N) is 2. The molecule has 5 rings (SSSR count). The Bertz CT molecular complexity index is 1290. The molecular weight excluding hydrogens is 417 g/mol. The van der Waals surface area contributed by atoms with Crippen LogP contribution in [0.5, 0.6) is 0 Å². The monoisotopic (exact) mass is 433 g/mol. The summed E-state index contributed by atoms with van der Waals surface area (Å²) in [5.74, 6) is -0.917. The van der Waals surface area contributed by atoms with Gasteiger partial charge in [0.15, 0.2) is 5.78 Å². The zero-order chi connectivity index (χ0) is 20.7. The minimum absolute atomic E-state index is 0.0738. The summed E-state index contributed by atoms with van der Waals surface area (Å²) in [4.78, 5) is 17.8. The summed E-state index contributed by atoms with van der Waals surface area (Å²) < 4.78 is 15.3. The van der Waals surface area contributed by atoms with Crippen molar-refractivity contribution in [3.8, 4) is 0 Å². The van der Waals surface area contributed by atoms with Crippen LogP contribution in [0.4, 0.5) is 4.39 Å². The molecule has 1 aliphatic heterocycles. The van der Waals surface area contributed by atoms with Crippen molar-refractivity contribution in [1.82, 2.24) is 9.55 Å². The molecule has 4 nitrogen and oxygen atoms in total. The highest BCUT2D eigenvalue weighted by Gasteiger charge is 2.38. The topological polar surface area (TPSA) is 58.7 Å². The minimum atomic E-state index is -0.589. The van der Waals surface area contributed by atoms with E-state index in [0.717, 1.165) is 22.0 Å². The van der Waals surface area contributed by atoms with Crippen LogP contribution in [0.1, 0.15) is 22.1 Å². The summed E-state index contributed by atoms with van der Waals surface area (Å²) in [6, 6.07) is 14.5. The number of carbonyl (C=O) groups excluding carboxylic acids is 1. The highest BCUT2D eigenvalue weighted by molar-refractivity contribution is 8.19. The lowest BCUT2D eigenvalue weighted by atomic mass is 10.0. The lowest BCUT2D eigenvalue weighted by Gasteiger charge is -2.05. The largest absolute Gasteiger partial charge is 0.342 e. The normalized spacial score (nSPS) is 18.0. The molecule has 1 saturated heterocycles. The Labute approximate surface area is 180 Å². The van der Waals surface area contributed by atoms with E-state index in [2.05, 4.69) is 9.55 Å². The van der Waals surface area contributed by atoms with E-state index in [-0.39, 0.29) is 11.6 Å². The lowest BCUT2D eigenvalue weighted by molar-refractivity contribution is -0.114. The van der Waals surface area contributed by atoms with Crippen LogP contribution in [0, 0.1) is 11.2 Å². The maximum Gasteiger partial charge on any atom is 0.186 e. The Kier molecular flexibility index (Phi) is 4.84. The fraction of sp³-hybridized carbons (Fsp3) is 0.0870. The van der Waals surface area contributed by atoms with Crippen molar-refractivity contribution < 1.29 is 9.18 Å². The van der Waals surface area contributed by atoms with E-state index in [1.807, 2.05) is 41.9 Å². The van der Waals surface area contributed by atoms with Gasteiger partial charge in [-0.2, -0.15) is 0 Å². The second-order valence-electron chi connectivity index (χ2n) is 7.00. The van der Waals surface area contributed by atoms with E-state index >= 15 is 0 Å². The molecule has 1 fully saturated rings. The van der Waals surface area contributed by atoms with E-state index in [9.17, 15) is 9.18 Å². The Balaban J connectivity index is 1.53. The standard InChI is InChI=1S/C23H16FN3OS2/c24-16-7-5-14(6-8-16)12-27-13-15(17-3-1-2-4-18(17)27)11-19-21(28)20(22(25)30-19)23-26-9-10-29-23/h1-11,13,20,25H,12H2/b19-11-,25-22?/t20-/m0/s1. The van der Waals surface area contributed by atoms with Gasteiger partial charge in [-0.05, 0) is 29.8 Å². The first-order chi connectivity index (χ1) is 14.6. The average molecular weight is 434 g/mol. The maximum absolute atomic E-state index is 13.2. The quantitative estimate of drug-likeness (QED) is 0.420. The van der Waals surface area contributed by atoms with Crippen LogP contribution in [0.2, 0.25) is 0 Å². The maximum atomic E-state index is 13.2. The molecule has 0 amide bonds. The number of Topliss-reactive ketones (excluding diaryl/α,β-unsaturated/α-hetero) is 1. The first kappa shape index (κ1) is 19.0. The number of nitrogens with one attached hydrogen (secondary N) is 1. The predicted molar refractivity (Wildman–Crippen MR) is 121 cm³/mol. The van der Waals surface area contributed by atoms with Gasteiger partial charge in [0, 0.05) is 40.8 Å². The van der Waals surface area contributed by atoms with E-state index in [1.165, 1.54) is 35.2 Å². The molecule has 4 aromatic rings. The number of rotatable bonds is 4. The van der Waals surface area contributed by atoms with Crippen LogP contribution in [0.3, 0.4) is 0 Å². The second kappa shape index (κ2) is 7.66. The summed E-state index contributed by atoms with van der Waals surface area (Å²) >= 11 is 2.61. The Morgan fingerprint density at radius 3 is 2.73 bits per heavy atom. The second-order valence-corrected chi connectivity index (χ2v) is 9.01. The summed E-state index contributed by atoms with van der Waals surface area (Å²) in [6.45, 7) is 0.600. The SMILES string of the molecule is N=C1S/C(=C\c2cn(Cc3ccc(F)cc3)c3ccccc23)C(=O)[C@@H]1c1nccs1. The molecule has 3 heterocycles. The number of benzene rings is 2. The van der Waals surface area contributed by atoms with Gasteiger partial charge >= 0.3 is 0 Å². The van der Waals surface area contributed by atoms with Crippen LogP contribution in [-0.2, 0) is 11.3 Å². The van der Waals surface area contributed by atoms with Crippen molar-refractivity contribution in [1.29, 1.82) is 5.41 Å². The molecule has 1 atom stereocenters. The van der Waals surface area contributed by atoms with Gasteiger partial charge in [-0.3, -0.25) is 10.2 Å². The van der Waals surface area contributed by atoms with Gasteiger partial charge in [0.05, 0.1) is 9.95 Å². The van der Waals surface area contributed by atoms with Gasteiger partial charge in [-0.15, -0.1) is 11.3 Å². The third-order valence-corrected chi connectivity index (χ3v) is 6.89. The average Bonchev–Trinajstić information content (AvgIpc) is 3.44. The molecule has 0 aliphatic carbocycles. The van der Waals surface area contributed by atoms with Crippen LogP contribution >= 0.6 is 23.1 Å². The Morgan fingerprint density at radius 2 is 1.97 bits per heavy atom. The van der Waals surface area contributed by atoms with Gasteiger partial charge in [0.2, 0.25) is 0 Å². The molecular formula is C23H16FN3OS2. The molecule has 30 heavy (non-hydrogen) atoms. The van der Waals surface area contributed by atoms with Crippen LogP contribution in [0.15, 0.2) is 71.2 Å². The number of carbonyl (C=O) groups is 1. The van der Waals surface area contributed by atoms with Gasteiger partial charge in [0.25, 0.3) is 0 Å². The van der Waals surface area contributed by atoms with Crippen molar-refractivity contribution in [2.24, 2.45) is 0 Å². The first-order valence-electron chi connectivity index (χ1n) is 9.34. The zero-order valence-electron chi connectivity index (χ0n) is 15.7. The molecule has 0 bridgehead atoms. The number of hydrogen-bond donors (Lipinski definition) is 1. The molecule has 0 unspecified atom stereocenters. The molecule has 2 aromatic carbocycles. The summed E-state index contributed by atoms with van der Waals surface area (Å²) in [6.07, 6.45) is 5.55. The van der Waals surface area contributed by atoms with Crippen LogP contribution in [-0.4, -0.2) is 20.4 Å². The van der Waals surface area contributed by atoms with E-state index in [4.69, 9.17) is 5.41 Å². The molecule has 0 saturated carbocycles. The van der Waals surface area contributed by atoms with E-state index in [1.54, 1.807) is 18.3 Å². The van der Waals surface area contributed by atoms with Gasteiger partial charge in [-0.25, -0.2) is 9.37 Å². The smallest absolute Gasteiger partial charge is 0.186 e. The number of aromatic nitrogens is 2. The fourth-order valence-electron chi connectivity index (χ4n) is 3.64. The number of allylic oxidation sites excluding steroid dienone is 1. The number of para-hydroxylation sites is 1. The van der Waals surface area contributed by atoms with Gasteiger partial charge in [-0.1, -0.05) is 42.1 Å². The van der Waals surface area contributed by atoms with Crippen molar-refractivity contribution in [3.05, 3.63) is 93.2 Å². The molecule has 148 valence electrons. The number of fused-ring (bicyclic) bond motifs is 1. The van der Waals surface area contributed by atoms with E-state index in [0.29, 0.717) is 21.5 Å². The number of thiazole rings is 1. The van der Waals surface area contributed by atoms with Gasteiger partial charge in [0.1, 0.15) is 16.7 Å². The number of thioether (sulfide) groups is 1. The van der Waals surface area contributed by atoms with Crippen LogP contribution < -0.4 is 0 Å². The third-order valence-electron chi connectivity index (χ3n) is 5.06. The molecule has 2 aromatic heterocycles. The summed E-state index contributed by atoms with van der Waals surface area (Å²) in [5, 5.41) is 12.1. The third kappa shape index (κ3) is 3.40. The minimum Gasteiger partial charge on any atom is -0.342 e. The molecule has 7 heteroatoms. The molecule has 1 N–H and O–H groups in total. The lowest BCUT2D eigenvalue weighted by Crippen LogP contribution is -2.11. The fourth-order valence-corrected chi connectivity index (χ4v) is 5.44. The predicted octanol–water partition coefficient (Wildman–Crippen LogP) is 5.70.